The summed E-state index contributed by atoms with van der Waals surface area (Å²) in [7, 11) is 6.19. The minimum atomic E-state index is 0.976. The highest BCUT2D eigenvalue weighted by molar-refractivity contribution is 8.77. The second-order valence-electron chi connectivity index (χ2n) is 3.28. The molecule has 1 aliphatic heterocycles. The number of rotatable bonds is 6. The summed E-state index contributed by atoms with van der Waals surface area (Å²) in [6.45, 7) is 1.19. The summed E-state index contributed by atoms with van der Waals surface area (Å²) in [5, 5.41) is 4.16. The summed E-state index contributed by atoms with van der Waals surface area (Å²) in [6.07, 6.45) is 7.08. The van der Waals surface area contributed by atoms with Crippen LogP contribution < -0.4 is 5.32 Å². The molecule has 1 rings (SSSR count). The Balaban J connectivity index is 1.81. The fraction of sp³-hybridized carbons (Fsp3) is 1.00. The predicted octanol–water partition coefficient (Wildman–Crippen LogP) is 2.92. The average molecular weight is 205 g/mol. The third-order valence-electron chi connectivity index (χ3n) is 2.18. The van der Waals surface area contributed by atoms with Gasteiger partial charge in [0, 0.05) is 11.0 Å². The minimum Gasteiger partial charge on any atom is -0.320 e. The Kier molecular flexibility index (Phi) is 6.35. The van der Waals surface area contributed by atoms with E-state index in [4.69, 9.17) is 0 Å². The molecule has 1 unspecified atom stereocenters. The molecule has 0 aliphatic carbocycles. The van der Waals surface area contributed by atoms with Crippen molar-refractivity contribution in [3.8, 4) is 0 Å². The molecule has 0 spiro atoms. The van der Waals surface area contributed by atoms with Crippen molar-refractivity contribution in [1.29, 1.82) is 0 Å². The number of nitrogens with one attached hydrogen (secondary N) is 1. The summed E-state index contributed by atoms with van der Waals surface area (Å²) < 4.78 is 0. The normalized spacial score (nSPS) is 23.2. The first kappa shape index (κ1) is 10.7. The molecule has 3 heteroatoms. The number of hydrogen-bond acceptors (Lipinski definition) is 3. The van der Waals surface area contributed by atoms with Gasteiger partial charge in [-0.25, -0.2) is 0 Å². The Hall–Kier alpha value is 0.660. The first-order valence-electron chi connectivity index (χ1n) is 4.86. The third-order valence-corrected chi connectivity index (χ3v) is 5.19. The summed E-state index contributed by atoms with van der Waals surface area (Å²) in [5.41, 5.74) is 0. The zero-order valence-electron chi connectivity index (χ0n) is 7.84. The smallest absolute Gasteiger partial charge is 0.0159 e. The Labute approximate surface area is 83.8 Å². The second kappa shape index (κ2) is 7.10. The Bertz CT molecular complexity index is 103. The molecule has 1 aliphatic rings. The average Bonchev–Trinajstić information content (AvgIpc) is 2.57. The van der Waals surface area contributed by atoms with Crippen LogP contribution in [0.1, 0.15) is 32.1 Å². The number of unbranched alkanes of at least 4 members (excludes halogenated alkanes) is 2. The molecule has 0 aromatic carbocycles. The maximum absolute atomic E-state index is 3.19. The van der Waals surface area contributed by atoms with Crippen molar-refractivity contribution in [2.24, 2.45) is 0 Å². The van der Waals surface area contributed by atoms with Gasteiger partial charge in [-0.2, -0.15) is 0 Å². The lowest BCUT2D eigenvalue weighted by atomic mass is 10.1. The highest BCUT2D eigenvalue weighted by Crippen LogP contribution is 2.39. The maximum atomic E-state index is 3.19. The monoisotopic (exact) mass is 205 g/mol. The molecule has 0 bridgehead atoms. The van der Waals surface area contributed by atoms with Gasteiger partial charge in [0.15, 0.2) is 0 Å². The Morgan fingerprint density at radius 2 is 2.25 bits per heavy atom. The van der Waals surface area contributed by atoms with Crippen LogP contribution in [0.15, 0.2) is 0 Å². The van der Waals surface area contributed by atoms with E-state index in [1.165, 1.54) is 44.4 Å². The van der Waals surface area contributed by atoms with E-state index in [1.54, 1.807) is 0 Å². The van der Waals surface area contributed by atoms with Gasteiger partial charge < -0.3 is 5.32 Å². The molecular weight excluding hydrogens is 186 g/mol. The molecule has 72 valence electrons. The van der Waals surface area contributed by atoms with Gasteiger partial charge in [-0.15, -0.1) is 0 Å². The second-order valence-corrected chi connectivity index (χ2v) is 6.07. The van der Waals surface area contributed by atoms with Gasteiger partial charge in [0.2, 0.25) is 0 Å². The summed E-state index contributed by atoms with van der Waals surface area (Å²) in [5.74, 6) is 1.38. The van der Waals surface area contributed by atoms with Crippen LogP contribution in [-0.2, 0) is 0 Å². The van der Waals surface area contributed by atoms with Crippen molar-refractivity contribution in [3.63, 3.8) is 0 Å². The molecule has 0 radical (unpaired) electrons. The topological polar surface area (TPSA) is 12.0 Å². The molecule has 0 amide bonds. The van der Waals surface area contributed by atoms with Gasteiger partial charge in [0.25, 0.3) is 0 Å². The lowest BCUT2D eigenvalue weighted by Crippen LogP contribution is -2.07. The summed E-state index contributed by atoms with van der Waals surface area (Å²) in [6, 6.07) is 0. The van der Waals surface area contributed by atoms with Gasteiger partial charge in [0.1, 0.15) is 0 Å². The predicted molar refractivity (Wildman–Crippen MR) is 60.8 cm³/mol. The van der Waals surface area contributed by atoms with Crippen LogP contribution in [0.2, 0.25) is 0 Å². The van der Waals surface area contributed by atoms with Gasteiger partial charge >= 0.3 is 0 Å². The fourth-order valence-corrected chi connectivity index (χ4v) is 4.44. The van der Waals surface area contributed by atoms with E-state index in [0.717, 1.165) is 5.25 Å². The molecule has 0 saturated carbocycles. The molecule has 0 aromatic heterocycles. The van der Waals surface area contributed by atoms with Crippen LogP contribution >= 0.6 is 21.6 Å². The zero-order chi connectivity index (χ0) is 8.65. The Morgan fingerprint density at radius 3 is 2.92 bits per heavy atom. The zero-order valence-corrected chi connectivity index (χ0v) is 9.48. The van der Waals surface area contributed by atoms with Crippen LogP contribution in [0.5, 0.6) is 0 Å². The lowest BCUT2D eigenvalue weighted by molar-refractivity contribution is 0.603. The SMILES string of the molecule is CNCCCCCC1CCSS1. The maximum Gasteiger partial charge on any atom is 0.0159 e. The van der Waals surface area contributed by atoms with Crippen molar-refractivity contribution in [2.45, 2.75) is 37.4 Å². The largest absolute Gasteiger partial charge is 0.320 e. The lowest BCUT2D eigenvalue weighted by Gasteiger charge is -2.06. The van der Waals surface area contributed by atoms with Crippen LogP contribution in [-0.4, -0.2) is 24.6 Å². The van der Waals surface area contributed by atoms with E-state index in [0.29, 0.717) is 0 Å². The third kappa shape index (κ3) is 4.63. The highest BCUT2D eigenvalue weighted by Gasteiger charge is 2.15. The Morgan fingerprint density at radius 1 is 1.33 bits per heavy atom. The molecule has 1 nitrogen and oxygen atoms in total. The molecule has 1 fully saturated rings. The van der Waals surface area contributed by atoms with E-state index < -0.39 is 0 Å². The van der Waals surface area contributed by atoms with Crippen molar-refractivity contribution in [2.75, 3.05) is 19.3 Å². The quantitative estimate of drug-likeness (QED) is 0.529. The molecule has 1 atom stereocenters. The van der Waals surface area contributed by atoms with Crippen LogP contribution in [0.25, 0.3) is 0 Å². The fourth-order valence-electron chi connectivity index (χ4n) is 1.42. The number of hydrogen-bond donors (Lipinski definition) is 1. The first-order chi connectivity index (χ1) is 5.93. The van der Waals surface area contributed by atoms with Gasteiger partial charge in [-0.3, -0.25) is 0 Å². The molecule has 1 saturated heterocycles. The first-order valence-corrected chi connectivity index (χ1v) is 7.24. The van der Waals surface area contributed by atoms with E-state index in [1.807, 2.05) is 7.05 Å². The van der Waals surface area contributed by atoms with Crippen molar-refractivity contribution in [1.82, 2.24) is 5.32 Å². The molecule has 0 aromatic rings. The van der Waals surface area contributed by atoms with Gasteiger partial charge in [0.05, 0.1) is 0 Å². The van der Waals surface area contributed by atoms with Crippen molar-refractivity contribution < 1.29 is 0 Å². The van der Waals surface area contributed by atoms with Gasteiger partial charge in [-0.05, 0) is 32.9 Å². The highest BCUT2D eigenvalue weighted by atomic mass is 33.1. The van der Waals surface area contributed by atoms with Gasteiger partial charge in [-0.1, -0.05) is 34.4 Å². The molecular formula is C9H19NS2. The van der Waals surface area contributed by atoms with Crippen molar-refractivity contribution in [3.05, 3.63) is 0 Å². The molecule has 12 heavy (non-hydrogen) atoms. The molecule has 1 heterocycles. The minimum absolute atomic E-state index is 0.976. The van der Waals surface area contributed by atoms with Crippen LogP contribution in [0, 0.1) is 0 Å². The standard InChI is InChI=1S/C9H19NS2/c1-10-7-4-2-3-5-9-6-8-11-12-9/h9-10H,2-8H2,1H3. The van der Waals surface area contributed by atoms with E-state index >= 15 is 0 Å². The summed E-state index contributed by atoms with van der Waals surface area (Å²) >= 11 is 0. The van der Waals surface area contributed by atoms with E-state index in [-0.39, 0.29) is 0 Å². The van der Waals surface area contributed by atoms with E-state index in [9.17, 15) is 0 Å². The summed E-state index contributed by atoms with van der Waals surface area (Å²) in [4.78, 5) is 0. The van der Waals surface area contributed by atoms with E-state index in [2.05, 4.69) is 26.9 Å². The molecule has 1 N–H and O–H groups in total. The van der Waals surface area contributed by atoms with Crippen LogP contribution in [0.4, 0.5) is 0 Å². The van der Waals surface area contributed by atoms with Crippen molar-refractivity contribution >= 4 is 21.6 Å². The van der Waals surface area contributed by atoms with Crippen LogP contribution in [0.3, 0.4) is 0 Å².